The van der Waals surface area contributed by atoms with E-state index in [2.05, 4.69) is 42.9 Å². The van der Waals surface area contributed by atoms with E-state index in [1.54, 1.807) is 0 Å². The summed E-state index contributed by atoms with van der Waals surface area (Å²) >= 11 is 1.86. The summed E-state index contributed by atoms with van der Waals surface area (Å²) in [4.78, 5) is 1.49. The van der Waals surface area contributed by atoms with Crippen molar-refractivity contribution in [3.05, 3.63) is 21.9 Å². The van der Waals surface area contributed by atoms with E-state index >= 15 is 0 Å². The van der Waals surface area contributed by atoms with Crippen molar-refractivity contribution < 1.29 is 0 Å². The minimum absolute atomic E-state index is 0.634. The second-order valence-corrected chi connectivity index (χ2v) is 5.16. The number of nitrogens with one attached hydrogen (secondary N) is 2. The molecule has 92 valence electrons. The molecule has 0 saturated heterocycles. The fraction of sp³-hybridized carbons (Fsp3) is 0.692. The number of thiophene rings is 1. The van der Waals surface area contributed by atoms with Crippen molar-refractivity contribution in [2.24, 2.45) is 0 Å². The van der Waals surface area contributed by atoms with Crippen LogP contribution in [0.4, 0.5) is 0 Å². The summed E-state index contributed by atoms with van der Waals surface area (Å²) in [5.41, 5.74) is 1.49. The van der Waals surface area contributed by atoms with E-state index in [4.69, 9.17) is 0 Å². The second-order valence-electron chi connectivity index (χ2n) is 4.16. The molecule has 0 aliphatic carbocycles. The Morgan fingerprint density at radius 2 is 2.12 bits per heavy atom. The van der Waals surface area contributed by atoms with Crippen LogP contribution in [-0.2, 0) is 13.0 Å². The molecule has 1 heterocycles. The van der Waals surface area contributed by atoms with E-state index < -0.39 is 0 Å². The third-order valence-corrected chi connectivity index (χ3v) is 3.87. The number of hydrogen-bond acceptors (Lipinski definition) is 3. The smallest absolute Gasteiger partial charge is 0.0303 e. The summed E-state index contributed by atoms with van der Waals surface area (Å²) in [5, 5.41) is 9.16. The summed E-state index contributed by atoms with van der Waals surface area (Å²) in [7, 11) is 0. The van der Waals surface area contributed by atoms with Gasteiger partial charge in [-0.3, -0.25) is 0 Å². The van der Waals surface area contributed by atoms with Crippen LogP contribution in [0.15, 0.2) is 11.4 Å². The van der Waals surface area contributed by atoms with Crippen molar-refractivity contribution in [1.29, 1.82) is 0 Å². The molecule has 0 aliphatic rings. The monoisotopic (exact) mass is 240 g/mol. The Morgan fingerprint density at radius 1 is 1.31 bits per heavy atom. The molecule has 1 rings (SSSR count). The van der Waals surface area contributed by atoms with Gasteiger partial charge in [0, 0.05) is 30.6 Å². The molecule has 0 radical (unpaired) electrons. The zero-order valence-corrected chi connectivity index (χ0v) is 11.5. The fourth-order valence-electron chi connectivity index (χ4n) is 1.59. The van der Waals surface area contributed by atoms with Crippen LogP contribution in [0.25, 0.3) is 0 Å². The minimum Gasteiger partial charge on any atom is -0.313 e. The molecular formula is C13H24N2S. The Labute approximate surface area is 103 Å². The van der Waals surface area contributed by atoms with Gasteiger partial charge >= 0.3 is 0 Å². The van der Waals surface area contributed by atoms with Crippen molar-refractivity contribution in [2.75, 3.05) is 13.1 Å². The highest BCUT2D eigenvalue weighted by Gasteiger charge is 2.01. The number of rotatable bonds is 8. The third kappa shape index (κ3) is 4.64. The molecule has 0 aromatic carbocycles. The van der Waals surface area contributed by atoms with Crippen LogP contribution in [-0.4, -0.2) is 19.1 Å². The minimum atomic E-state index is 0.634. The molecule has 2 nitrogen and oxygen atoms in total. The van der Waals surface area contributed by atoms with Crippen LogP contribution in [0.3, 0.4) is 0 Å². The topological polar surface area (TPSA) is 24.1 Å². The van der Waals surface area contributed by atoms with Crippen molar-refractivity contribution in [2.45, 2.75) is 46.2 Å². The second kappa shape index (κ2) is 7.82. The molecule has 0 amide bonds. The van der Waals surface area contributed by atoms with Crippen LogP contribution in [0.2, 0.25) is 0 Å². The van der Waals surface area contributed by atoms with E-state index in [9.17, 15) is 0 Å². The molecule has 0 bridgehead atoms. The van der Waals surface area contributed by atoms with Gasteiger partial charge in [-0.1, -0.05) is 13.8 Å². The van der Waals surface area contributed by atoms with Gasteiger partial charge in [-0.25, -0.2) is 0 Å². The maximum absolute atomic E-state index is 3.49. The van der Waals surface area contributed by atoms with Crippen LogP contribution in [0.1, 0.15) is 37.6 Å². The predicted octanol–water partition coefficient (Wildman–Crippen LogP) is 2.79. The van der Waals surface area contributed by atoms with E-state index in [1.807, 2.05) is 11.3 Å². The van der Waals surface area contributed by atoms with Crippen molar-refractivity contribution in [3.63, 3.8) is 0 Å². The molecule has 16 heavy (non-hydrogen) atoms. The fourth-order valence-corrected chi connectivity index (χ4v) is 2.54. The van der Waals surface area contributed by atoms with Crippen molar-refractivity contribution >= 4 is 11.3 Å². The van der Waals surface area contributed by atoms with Crippen LogP contribution in [0.5, 0.6) is 0 Å². The third-order valence-electron chi connectivity index (χ3n) is 2.91. The van der Waals surface area contributed by atoms with Gasteiger partial charge in [-0.2, -0.15) is 0 Å². The quantitative estimate of drug-likeness (QED) is 0.683. The van der Waals surface area contributed by atoms with Gasteiger partial charge in [-0.15, -0.1) is 11.3 Å². The first-order valence-electron chi connectivity index (χ1n) is 6.27. The summed E-state index contributed by atoms with van der Waals surface area (Å²) in [6.45, 7) is 9.78. The maximum Gasteiger partial charge on any atom is 0.0303 e. The Hall–Kier alpha value is -0.380. The van der Waals surface area contributed by atoms with E-state index in [0.717, 1.165) is 26.1 Å². The number of hydrogen-bond donors (Lipinski definition) is 2. The highest BCUT2D eigenvalue weighted by molar-refractivity contribution is 7.10. The van der Waals surface area contributed by atoms with E-state index in [-0.39, 0.29) is 0 Å². The van der Waals surface area contributed by atoms with Gasteiger partial charge in [0.2, 0.25) is 0 Å². The summed E-state index contributed by atoms with van der Waals surface area (Å²) in [6, 6.07) is 2.87. The average Bonchev–Trinajstić information content (AvgIpc) is 2.75. The lowest BCUT2D eigenvalue weighted by molar-refractivity contribution is 0.517. The summed E-state index contributed by atoms with van der Waals surface area (Å²) in [6.07, 6.45) is 2.34. The molecule has 3 heteroatoms. The zero-order chi connectivity index (χ0) is 11.8. The standard InChI is InChI=1S/C13H24N2S/c1-4-11(3)15-8-7-14-10-13-12(5-2)6-9-16-13/h6,9,11,14-15H,4-5,7-8,10H2,1-3H3. The molecule has 1 aromatic heterocycles. The van der Waals surface area contributed by atoms with Gasteiger partial charge in [0.1, 0.15) is 0 Å². The normalized spacial score (nSPS) is 12.9. The first-order valence-corrected chi connectivity index (χ1v) is 7.15. The molecule has 0 fully saturated rings. The largest absolute Gasteiger partial charge is 0.313 e. The van der Waals surface area contributed by atoms with Gasteiger partial charge in [0.25, 0.3) is 0 Å². The van der Waals surface area contributed by atoms with Gasteiger partial charge in [0.15, 0.2) is 0 Å². The number of aryl methyl sites for hydroxylation is 1. The lowest BCUT2D eigenvalue weighted by Gasteiger charge is -2.11. The Morgan fingerprint density at radius 3 is 2.81 bits per heavy atom. The molecule has 0 spiro atoms. The molecule has 1 unspecified atom stereocenters. The Bertz CT molecular complexity index is 283. The molecule has 0 saturated carbocycles. The SMILES string of the molecule is CCc1ccsc1CNCCNC(C)CC. The van der Waals surface area contributed by atoms with Crippen LogP contribution in [0, 0.1) is 0 Å². The molecular weight excluding hydrogens is 216 g/mol. The lowest BCUT2D eigenvalue weighted by atomic mass is 10.2. The van der Waals surface area contributed by atoms with Crippen LogP contribution < -0.4 is 10.6 Å². The maximum atomic E-state index is 3.49. The first-order chi connectivity index (χ1) is 7.77. The van der Waals surface area contributed by atoms with E-state index in [1.165, 1.54) is 16.9 Å². The molecule has 1 aromatic rings. The summed E-state index contributed by atoms with van der Waals surface area (Å²) in [5.74, 6) is 0. The van der Waals surface area contributed by atoms with Gasteiger partial charge in [-0.05, 0) is 36.8 Å². The Balaban J connectivity index is 2.11. The van der Waals surface area contributed by atoms with Crippen molar-refractivity contribution in [3.8, 4) is 0 Å². The average molecular weight is 240 g/mol. The summed E-state index contributed by atoms with van der Waals surface area (Å²) < 4.78 is 0. The van der Waals surface area contributed by atoms with Crippen LogP contribution >= 0.6 is 11.3 Å². The highest BCUT2D eigenvalue weighted by atomic mass is 32.1. The highest BCUT2D eigenvalue weighted by Crippen LogP contribution is 2.16. The van der Waals surface area contributed by atoms with Gasteiger partial charge < -0.3 is 10.6 Å². The molecule has 2 N–H and O–H groups in total. The molecule has 0 aliphatic heterocycles. The molecule has 1 atom stereocenters. The van der Waals surface area contributed by atoms with Crippen molar-refractivity contribution in [1.82, 2.24) is 10.6 Å². The zero-order valence-electron chi connectivity index (χ0n) is 10.7. The van der Waals surface area contributed by atoms with Gasteiger partial charge in [0.05, 0.1) is 0 Å². The predicted molar refractivity (Wildman–Crippen MR) is 73.2 cm³/mol. The first kappa shape index (κ1) is 13.7. The lowest BCUT2D eigenvalue weighted by Crippen LogP contribution is -2.32. The van der Waals surface area contributed by atoms with E-state index in [0.29, 0.717) is 6.04 Å². The Kier molecular flexibility index (Phi) is 6.69.